The van der Waals surface area contributed by atoms with Crippen molar-refractivity contribution < 1.29 is 27.1 Å². The monoisotopic (exact) mass is 440 g/mol. The van der Waals surface area contributed by atoms with Gasteiger partial charge in [-0.1, -0.05) is 24.0 Å². The molecule has 0 unspecified atom stereocenters. The number of hydrogen-bond acceptors (Lipinski definition) is 8. The quantitative estimate of drug-likeness (QED) is 0.237. The van der Waals surface area contributed by atoms with E-state index in [1.165, 1.54) is 18.2 Å². The second-order valence-electron chi connectivity index (χ2n) is 5.63. The van der Waals surface area contributed by atoms with E-state index in [4.69, 9.17) is 21.2 Å². The summed E-state index contributed by atoms with van der Waals surface area (Å²) in [6, 6.07) is 9.11. The highest BCUT2D eigenvalue weighted by Gasteiger charge is 2.32. The van der Waals surface area contributed by atoms with Gasteiger partial charge in [0.25, 0.3) is 21.7 Å². The van der Waals surface area contributed by atoms with Crippen LogP contribution in [0.5, 0.6) is 0 Å². The summed E-state index contributed by atoms with van der Waals surface area (Å²) in [6.07, 6.45) is 1.47. The summed E-state index contributed by atoms with van der Waals surface area (Å²) in [7, 11) is -4.21. The molecule has 28 heavy (non-hydrogen) atoms. The average molecular weight is 440 g/mol. The Kier molecular flexibility index (Phi) is 5.65. The van der Waals surface area contributed by atoms with E-state index in [0.29, 0.717) is 17.1 Å². The maximum absolute atomic E-state index is 12.4. The summed E-state index contributed by atoms with van der Waals surface area (Å²) >= 11 is 6.07. The van der Waals surface area contributed by atoms with Crippen molar-refractivity contribution in [2.24, 2.45) is 0 Å². The van der Waals surface area contributed by atoms with Crippen molar-refractivity contribution in [3.8, 4) is 11.3 Å². The van der Waals surface area contributed by atoms with Crippen molar-refractivity contribution in [2.75, 3.05) is 12.3 Å². The van der Waals surface area contributed by atoms with Crippen molar-refractivity contribution in [3.63, 3.8) is 0 Å². The van der Waals surface area contributed by atoms with Gasteiger partial charge in [0, 0.05) is 30.3 Å². The van der Waals surface area contributed by atoms with Gasteiger partial charge in [0.15, 0.2) is 0 Å². The highest BCUT2D eigenvalue weighted by Crippen LogP contribution is 2.33. The maximum Gasteiger partial charge on any atom is 0.269 e. The smallest absolute Gasteiger partial charge is 0.269 e. The first-order valence-corrected chi connectivity index (χ1v) is 10.5. The zero-order valence-corrected chi connectivity index (χ0v) is 16.4. The molecule has 1 N–H and O–H groups in total. The molecule has 2 aromatic rings. The molecule has 1 aliphatic heterocycles. The van der Waals surface area contributed by atoms with Gasteiger partial charge in [-0.25, -0.2) is 0 Å². The van der Waals surface area contributed by atoms with Crippen LogP contribution in [0.1, 0.15) is 5.76 Å². The molecule has 146 valence electrons. The fourth-order valence-electron chi connectivity index (χ4n) is 2.36. The first kappa shape index (κ1) is 20.2. The third kappa shape index (κ3) is 4.65. The standard InChI is InChI=1S/C16H12N2O7S3/c19-15-14(27-16(26)17(15)7-8-28(22,23)24)9-12-5-6-13(25-12)10-1-3-11(4-2-10)18(20)21/h1-6,9H,7-8H2,(H,22,23,24)/b14-9+. The number of thioether (sulfide) groups is 1. The summed E-state index contributed by atoms with van der Waals surface area (Å²) in [6.45, 7) is -0.243. The van der Waals surface area contributed by atoms with Crippen molar-refractivity contribution in [1.82, 2.24) is 4.90 Å². The zero-order valence-electron chi connectivity index (χ0n) is 14.0. The first-order chi connectivity index (χ1) is 13.1. The van der Waals surface area contributed by atoms with E-state index in [1.54, 1.807) is 24.3 Å². The molecule has 1 aromatic carbocycles. The van der Waals surface area contributed by atoms with E-state index in [1.807, 2.05) is 0 Å². The Morgan fingerprint density at radius 1 is 1.25 bits per heavy atom. The van der Waals surface area contributed by atoms with Crippen LogP contribution in [0.2, 0.25) is 0 Å². The average Bonchev–Trinajstić information content (AvgIpc) is 3.18. The lowest BCUT2D eigenvalue weighted by atomic mass is 10.1. The summed E-state index contributed by atoms with van der Waals surface area (Å²) < 4.78 is 36.4. The predicted octanol–water partition coefficient (Wildman–Crippen LogP) is 2.94. The number of carbonyl (C=O) groups excluding carboxylic acids is 1. The van der Waals surface area contributed by atoms with Crippen LogP contribution in [0.4, 0.5) is 5.69 Å². The van der Waals surface area contributed by atoms with Crippen LogP contribution in [0.3, 0.4) is 0 Å². The second kappa shape index (κ2) is 7.83. The molecule has 9 nitrogen and oxygen atoms in total. The van der Waals surface area contributed by atoms with E-state index < -0.39 is 26.7 Å². The molecule has 12 heteroatoms. The van der Waals surface area contributed by atoms with E-state index >= 15 is 0 Å². The summed E-state index contributed by atoms with van der Waals surface area (Å²) in [5, 5.41) is 10.7. The molecule has 0 atom stereocenters. The number of hydrogen-bond donors (Lipinski definition) is 1. The molecule has 0 radical (unpaired) electrons. The van der Waals surface area contributed by atoms with Crippen LogP contribution in [0.15, 0.2) is 45.7 Å². The van der Waals surface area contributed by atoms with E-state index in [0.717, 1.165) is 16.7 Å². The lowest BCUT2D eigenvalue weighted by Gasteiger charge is -2.12. The Labute approximate surface area is 168 Å². The van der Waals surface area contributed by atoms with E-state index in [9.17, 15) is 23.3 Å². The SMILES string of the molecule is O=C1/C(=C\c2ccc(-c3ccc([N+](=O)[O-])cc3)o2)SC(=S)N1CCS(=O)(=O)O. The maximum atomic E-state index is 12.4. The van der Waals surface area contributed by atoms with Gasteiger partial charge in [-0.2, -0.15) is 8.42 Å². The van der Waals surface area contributed by atoms with Gasteiger partial charge in [-0.15, -0.1) is 0 Å². The Balaban J connectivity index is 1.76. The number of thiocarbonyl (C=S) groups is 1. The minimum Gasteiger partial charge on any atom is -0.457 e. The molecule has 1 aliphatic rings. The highest BCUT2D eigenvalue weighted by atomic mass is 32.2. The Bertz CT molecular complexity index is 1090. The largest absolute Gasteiger partial charge is 0.457 e. The lowest BCUT2D eigenvalue weighted by molar-refractivity contribution is -0.384. The number of nitrogens with zero attached hydrogens (tertiary/aromatic N) is 2. The third-order valence-corrected chi connectivity index (χ3v) is 5.79. The molecule has 0 spiro atoms. The molecule has 1 aromatic heterocycles. The van der Waals surface area contributed by atoms with Gasteiger partial charge < -0.3 is 4.42 Å². The number of non-ortho nitro benzene ring substituents is 1. The Morgan fingerprint density at radius 2 is 1.93 bits per heavy atom. The van der Waals surface area contributed by atoms with Crippen LogP contribution in [-0.4, -0.2) is 45.3 Å². The number of nitro groups is 1. The number of nitro benzene ring substituents is 1. The summed E-state index contributed by atoms with van der Waals surface area (Å²) in [5.74, 6) is -0.267. The molecule has 0 aliphatic carbocycles. The summed E-state index contributed by atoms with van der Waals surface area (Å²) in [4.78, 5) is 23.9. The first-order valence-electron chi connectivity index (χ1n) is 7.69. The van der Waals surface area contributed by atoms with Crippen LogP contribution in [0.25, 0.3) is 17.4 Å². The molecule has 0 bridgehead atoms. The lowest BCUT2D eigenvalue weighted by Crippen LogP contribution is -2.32. The highest BCUT2D eigenvalue weighted by molar-refractivity contribution is 8.26. The number of carbonyl (C=O) groups is 1. The van der Waals surface area contributed by atoms with Gasteiger partial charge >= 0.3 is 0 Å². The molecule has 0 saturated carbocycles. The van der Waals surface area contributed by atoms with Crippen LogP contribution in [0, 0.1) is 10.1 Å². The topological polar surface area (TPSA) is 131 Å². The molecular formula is C16H12N2O7S3. The molecule has 3 rings (SSSR count). The third-order valence-electron chi connectivity index (χ3n) is 3.71. The van der Waals surface area contributed by atoms with E-state index in [2.05, 4.69) is 0 Å². The van der Waals surface area contributed by atoms with Crippen molar-refractivity contribution in [3.05, 3.63) is 57.2 Å². The molecule has 2 heterocycles. The van der Waals surface area contributed by atoms with Gasteiger partial charge in [0.1, 0.15) is 15.8 Å². The molecule has 1 amide bonds. The zero-order chi connectivity index (χ0) is 20.5. The predicted molar refractivity (Wildman–Crippen MR) is 107 cm³/mol. The van der Waals surface area contributed by atoms with Crippen LogP contribution < -0.4 is 0 Å². The van der Waals surface area contributed by atoms with Gasteiger partial charge in [-0.3, -0.25) is 24.4 Å². The number of rotatable bonds is 6. The van der Waals surface area contributed by atoms with Crippen molar-refractivity contribution >= 4 is 56.1 Å². The Hall–Kier alpha value is -2.54. The second-order valence-corrected chi connectivity index (χ2v) is 8.87. The van der Waals surface area contributed by atoms with E-state index in [-0.39, 0.29) is 21.5 Å². The molecule has 1 fully saturated rings. The number of benzene rings is 1. The molecule has 1 saturated heterocycles. The normalized spacial score (nSPS) is 16.2. The Morgan fingerprint density at radius 3 is 2.54 bits per heavy atom. The molecular weight excluding hydrogens is 428 g/mol. The van der Waals surface area contributed by atoms with Crippen LogP contribution >= 0.6 is 24.0 Å². The van der Waals surface area contributed by atoms with Crippen molar-refractivity contribution in [2.45, 2.75) is 0 Å². The fraction of sp³-hybridized carbons (Fsp3) is 0.125. The minimum absolute atomic E-state index is 0.0379. The number of furan rings is 1. The fourth-order valence-corrected chi connectivity index (χ4v) is 4.06. The van der Waals surface area contributed by atoms with Gasteiger partial charge in [0.2, 0.25) is 0 Å². The summed E-state index contributed by atoms with van der Waals surface area (Å²) in [5.41, 5.74) is 0.593. The van der Waals surface area contributed by atoms with Crippen LogP contribution in [-0.2, 0) is 14.9 Å². The minimum atomic E-state index is -4.21. The van der Waals surface area contributed by atoms with Gasteiger partial charge in [-0.05, 0) is 24.3 Å². The van der Waals surface area contributed by atoms with Gasteiger partial charge in [0.05, 0.1) is 15.6 Å². The van der Waals surface area contributed by atoms with Crippen molar-refractivity contribution in [1.29, 1.82) is 0 Å². The number of amides is 1.